The lowest BCUT2D eigenvalue weighted by molar-refractivity contribution is 0.930. The Morgan fingerprint density at radius 1 is 1.38 bits per heavy atom. The lowest BCUT2D eigenvalue weighted by atomic mass is 10.1. The van der Waals surface area contributed by atoms with E-state index in [1.165, 1.54) is 11.1 Å². The van der Waals surface area contributed by atoms with Gasteiger partial charge in [0.1, 0.15) is 5.51 Å². The average Bonchev–Trinajstić information content (AvgIpc) is 2.80. The van der Waals surface area contributed by atoms with Gasteiger partial charge in [-0.3, -0.25) is 0 Å². The van der Waals surface area contributed by atoms with Crippen LogP contribution < -0.4 is 5.73 Å². The van der Waals surface area contributed by atoms with Gasteiger partial charge in [-0.05, 0) is 12.5 Å². The molecule has 0 amide bonds. The van der Waals surface area contributed by atoms with E-state index in [9.17, 15) is 0 Å². The third-order valence-corrected chi connectivity index (χ3v) is 4.34. The number of thioether (sulfide) groups is 1. The van der Waals surface area contributed by atoms with Gasteiger partial charge in [-0.2, -0.15) is 0 Å². The van der Waals surface area contributed by atoms with Crippen LogP contribution in [0, 0.1) is 6.92 Å². The van der Waals surface area contributed by atoms with Gasteiger partial charge < -0.3 is 5.73 Å². The zero-order valence-electron chi connectivity index (χ0n) is 8.96. The Bertz CT molecular complexity index is 425. The molecular formula is C11H13N3S2. The van der Waals surface area contributed by atoms with Crippen molar-refractivity contribution in [2.24, 2.45) is 5.73 Å². The largest absolute Gasteiger partial charge is 0.329 e. The highest BCUT2D eigenvalue weighted by atomic mass is 32.2. The fourth-order valence-corrected chi connectivity index (χ4v) is 3.07. The highest BCUT2D eigenvalue weighted by Gasteiger charge is 2.12. The van der Waals surface area contributed by atoms with Crippen molar-refractivity contribution in [3.8, 4) is 0 Å². The number of hydrogen-bond acceptors (Lipinski definition) is 5. The maximum Gasteiger partial charge on any atom is 0.174 e. The summed E-state index contributed by atoms with van der Waals surface area (Å²) in [5, 5.41) is 8.11. The number of aromatic nitrogens is 2. The number of nitrogens with zero attached hydrogens (tertiary/aromatic N) is 2. The Morgan fingerprint density at radius 2 is 2.12 bits per heavy atom. The molecule has 3 nitrogen and oxygen atoms in total. The van der Waals surface area contributed by atoms with Gasteiger partial charge in [0.2, 0.25) is 0 Å². The molecule has 16 heavy (non-hydrogen) atoms. The molecule has 0 fully saturated rings. The Labute approximate surface area is 103 Å². The first-order valence-electron chi connectivity index (χ1n) is 4.99. The van der Waals surface area contributed by atoms with Crippen molar-refractivity contribution in [1.82, 2.24) is 10.2 Å². The van der Waals surface area contributed by atoms with E-state index in [2.05, 4.69) is 41.4 Å². The van der Waals surface area contributed by atoms with Gasteiger partial charge in [0.25, 0.3) is 0 Å². The normalized spacial score (nSPS) is 12.6. The smallest absolute Gasteiger partial charge is 0.174 e. The second-order valence-electron chi connectivity index (χ2n) is 3.46. The van der Waals surface area contributed by atoms with E-state index in [1.807, 2.05) is 0 Å². The summed E-state index contributed by atoms with van der Waals surface area (Å²) in [7, 11) is 0. The average molecular weight is 251 g/mol. The molecule has 84 valence electrons. The molecule has 1 unspecified atom stereocenters. The summed E-state index contributed by atoms with van der Waals surface area (Å²) in [6.07, 6.45) is 0. The first-order chi connectivity index (χ1) is 7.79. The van der Waals surface area contributed by atoms with Crippen LogP contribution in [0.15, 0.2) is 34.1 Å². The summed E-state index contributed by atoms with van der Waals surface area (Å²) in [6.45, 7) is 2.69. The zero-order valence-corrected chi connectivity index (χ0v) is 10.6. The molecule has 2 rings (SSSR count). The van der Waals surface area contributed by atoms with Gasteiger partial charge in [0.05, 0.1) is 0 Å². The molecule has 2 N–H and O–H groups in total. The fraction of sp³-hybridized carbons (Fsp3) is 0.273. The second-order valence-corrected chi connectivity index (χ2v) is 5.74. The lowest BCUT2D eigenvalue weighted by Gasteiger charge is -2.12. The van der Waals surface area contributed by atoms with Gasteiger partial charge in [-0.15, -0.1) is 10.2 Å². The SMILES string of the molecule is Cc1ccc(C(CN)Sc2nncs2)cc1. The van der Waals surface area contributed by atoms with Crippen molar-refractivity contribution in [2.75, 3.05) is 6.54 Å². The van der Waals surface area contributed by atoms with Gasteiger partial charge in [-0.25, -0.2) is 0 Å². The van der Waals surface area contributed by atoms with E-state index in [1.54, 1.807) is 28.6 Å². The van der Waals surface area contributed by atoms with Crippen LogP contribution in [0.5, 0.6) is 0 Å². The topological polar surface area (TPSA) is 51.8 Å². The first-order valence-corrected chi connectivity index (χ1v) is 6.75. The molecular weight excluding hydrogens is 238 g/mol. The van der Waals surface area contributed by atoms with Crippen molar-refractivity contribution in [3.63, 3.8) is 0 Å². The standard InChI is InChI=1S/C11H13N3S2/c1-8-2-4-9(5-3-8)10(6-12)16-11-14-13-7-15-11/h2-5,7,10H,6,12H2,1H3. The minimum Gasteiger partial charge on any atom is -0.329 e. The molecule has 0 radical (unpaired) electrons. The summed E-state index contributed by atoms with van der Waals surface area (Å²) in [5.74, 6) is 0. The first kappa shape index (κ1) is 11.6. The molecule has 0 saturated heterocycles. The van der Waals surface area contributed by atoms with Crippen LogP contribution >= 0.6 is 23.1 Å². The van der Waals surface area contributed by atoms with Crippen LogP contribution in [0.3, 0.4) is 0 Å². The third-order valence-electron chi connectivity index (χ3n) is 2.25. The van der Waals surface area contributed by atoms with E-state index in [0.29, 0.717) is 6.54 Å². The molecule has 0 aliphatic carbocycles. The number of rotatable bonds is 4. The molecule has 1 heterocycles. The van der Waals surface area contributed by atoms with Crippen LogP contribution in [0.2, 0.25) is 0 Å². The maximum atomic E-state index is 5.80. The van der Waals surface area contributed by atoms with Crippen LogP contribution in [0.1, 0.15) is 16.4 Å². The van der Waals surface area contributed by atoms with Crippen LogP contribution in [0.4, 0.5) is 0 Å². The summed E-state index contributed by atoms with van der Waals surface area (Å²) in [5.41, 5.74) is 10.0. The van der Waals surface area contributed by atoms with Gasteiger partial charge in [0, 0.05) is 11.8 Å². The molecule has 0 aliphatic rings. The van der Waals surface area contributed by atoms with E-state index in [4.69, 9.17) is 5.73 Å². The Hall–Kier alpha value is -0.910. The molecule has 1 aromatic carbocycles. The maximum absolute atomic E-state index is 5.80. The highest BCUT2D eigenvalue weighted by molar-refractivity contribution is 8.01. The van der Waals surface area contributed by atoms with E-state index in [-0.39, 0.29) is 5.25 Å². The van der Waals surface area contributed by atoms with E-state index in [0.717, 1.165) is 4.34 Å². The third kappa shape index (κ3) is 2.81. The monoisotopic (exact) mass is 251 g/mol. The summed E-state index contributed by atoms with van der Waals surface area (Å²) in [6, 6.07) is 8.47. The number of aryl methyl sites for hydroxylation is 1. The quantitative estimate of drug-likeness (QED) is 0.849. The highest BCUT2D eigenvalue weighted by Crippen LogP contribution is 2.34. The molecule has 1 atom stereocenters. The van der Waals surface area contributed by atoms with Gasteiger partial charge >= 0.3 is 0 Å². The van der Waals surface area contributed by atoms with E-state index < -0.39 is 0 Å². The van der Waals surface area contributed by atoms with Crippen molar-refractivity contribution in [3.05, 3.63) is 40.9 Å². The minimum atomic E-state index is 0.258. The number of nitrogens with two attached hydrogens (primary N) is 1. The summed E-state index contributed by atoms with van der Waals surface area (Å²) < 4.78 is 0.969. The molecule has 0 aliphatic heterocycles. The van der Waals surface area contributed by atoms with Crippen LogP contribution in [-0.4, -0.2) is 16.7 Å². The summed E-state index contributed by atoms with van der Waals surface area (Å²) in [4.78, 5) is 0. The zero-order chi connectivity index (χ0) is 11.4. The van der Waals surface area contributed by atoms with Crippen molar-refractivity contribution >= 4 is 23.1 Å². The minimum absolute atomic E-state index is 0.258. The van der Waals surface area contributed by atoms with Crippen LogP contribution in [0.25, 0.3) is 0 Å². The van der Waals surface area contributed by atoms with Crippen LogP contribution in [-0.2, 0) is 0 Å². The molecule has 0 saturated carbocycles. The van der Waals surface area contributed by atoms with Crippen molar-refractivity contribution in [2.45, 2.75) is 16.5 Å². The number of hydrogen-bond donors (Lipinski definition) is 1. The van der Waals surface area contributed by atoms with Crippen molar-refractivity contribution < 1.29 is 0 Å². The predicted octanol–water partition coefficient (Wildman–Crippen LogP) is 2.64. The predicted molar refractivity (Wildman–Crippen MR) is 68.7 cm³/mol. The lowest BCUT2D eigenvalue weighted by Crippen LogP contribution is -2.09. The Morgan fingerprint density at radius 3 is 2.69 bits per heavy atom. The fourth-order valence-electron chi connectivity index (χ4n) is 1.37. The van der Waals surface area contributed by atoms with E-state index >= 15 is 0 Å². The van der Waals surface area contributed by atoms with Crippen molar-refractivity contribution in [1.29, 1.82) is 0 Å². The molecule has 1 aromatic heterocycles. The molecule has 0 bridgehead atoms. The molecule has 2 aromatic rings. The van der Waals surface area contributed by atoms with Gasteiger partial charge in [-0.1, -0.05) is 52.9 Å². The molecule has 5 heteroatoms. The summed E-state index contributed by atoms with van der Waals surface area (Å²) >= 11 is 3.22. The number of benzene rings is 1. The Balaban J connectivity index is 2.13. The molecule has 0 spiro atoms. The van der Waals surface area contributed by atoms with Gasteiger partial charge in [0.15, 0.2) is 4.34 Å². The Kier molecular flexibility index (Phi) is 3.93. The second kappa shape index (κ2) is 5.43.